The smallest absolute Gasteiger partial charge is 0.246 e. The number of carbonyl (C=O) groups is 1. The van der Waals surface area contributed by atoms with E-state index in [1.807, 2.05) is 32.2 Å². The van der Waals surface area contributed by atoms with E-state index in [2.05, 4.69) is 30.3 Å². The van der Waals surface area contributed by atoms with E-state index < -0.39 is 0 Å². The Kier molecular flexibility index (Phi) is 4.23. The average Bonchev–Trinajstić information content (AvgIpc) is 2.77. The zero-order chi connectivity index (χ0) is 14.7. The number of hydrogen-bond donors (Lipinski definition) is 1. The maximum Gasteiger partial charge on any atom is 0.246 e. The van der Waals surface area contributed by atoms with Crippen LogP contribution < -0.4 is 5.32 Å². The van der Waals surface area contributed by atoms with Crippen molar-refractivity contribution in [3.8, 4) is 0 Å². The highest BCUT2D eigenvalue weighted by Crippen LogP contribution is 2.27. The standard InChI is InChI=1S/C16H21N3O/c1-11(2)14-7-5-6-13(4)16(14)18-15(20)10-19-9-12(3)8-17-19/h5-9,11H,10H2,1-4H3,(H,18,20). The van der Waals surface area contributed by atoms with Crippen LogP contribution in [0.1, 0.15) is 36.5 Å². The third-order valence-corrected chi connectivity index (χ3v) is 3.26. The van der Waals surface area contributed by atoms with Gasteiger partial charge in [0.25, 0.3) is 0 Å². The summed E-state index contributed by atoms with van der Waals surface area (Å²) < 4.78 is 1.65. The molecule has 0 unspecified atom stereocenters. The van der Waals surface area contributed by atoms with Gasteiger partial charge >= 0.3 is 0 Å². The SMILES string of the molecule is Cc1cnn(CC(=O)Nc2c(C)cccc2C(C)C)c1. The first-order valence-electron chi connectivity index (χ1n) is 6.86. The Morgan fingerprint density at radius 1 is 1.35 bits per heavy atom. The largest absolute Gasteiger partial charge is 0.324 e. The van der Waals surface area contributed by atoms with Gasteiger partial charge in [-0.2, -0.15) is 5.10 Å². The number of nitrogens with zero attached hydrogens (tertiary/aromatic N) is 2. The zero-order valence-corrected chi connectivity index (χ0v) is 12.5. The van der Waals surface area contributed by atoms with Crippen molar-refractivity contribution in [2.45, 2.75) is 40.2 Å². The van der Waals surface area contributed by atoms with Crippen LogP contribution in [0.25, 0.3) is 0 Å². The van der Waals surface area contributed by atoms with Crippen molar-refractivity contribution in [1.29, 1.82) is 0 Å². The normalized spacial score (nSPS) is 10.8. The van der Waals surface area contributed by atoms with Crippen LogP contribution in [0.4, 0.5) is 5.69 Å². The van der Waals surface area contributed by atoms with E-state index in [0.29, 0.717) is 5.92 Å². The van der Waals surface area contributed by atoms with E-state index in [-0.39, 0.29) is 12.5 Å². The molecule has 0 aliphatic rings. The van der Waals surface area contributed by atoms with E-state index >= 15 is 0 Å². The van der Waals surface area contributed by atoms with E-state index in [4.69, 9.17) is 0 Å². The van der Waals surface area contributed by atoms with Gasteiger partial charge in [0.15, 0.2) is 0 Å². The number of anilines is 1. The summed E-state index contributed by atoms with van der Waals surface area (Å²) >= 11 is 0. The molecule has 0 fully saturated rings. The van der Waals surface area contributed by atoms with Crippen molar-refractivity contribution in [3.63, 3.8) is 0 Å². The molecule has 1 amide bonds. The van der Waals surface area contributed by atoms with Gasteiger partial charge in [-0.05, 0) is 36.5 Å². The van der Waals surface area contributed by atoms with Crippen LogP contribution in [0.3, 0.4) is 0 Å². The molecule has 2 aromatic rings. The third-order valence-electron chi connectivity index (χ3n) is 3.26. The van der Waals surface area contributed by atoms with Crippen LogP contribution >= 0.6 is 0 Å². The van der Waals surface area contributed by atoms with Crippen LogP contribution in [-0.2, 0) is 11.3 Å². The van der Waals surface area contributed by atoms with Crippen molar-refractivity contribution >= 4 is 11.6 Å². The molecular weight excluding hydrogens is 250 g/mol. The topological polar surface area (TPSA) is 46.9 Å². The minimum atomic E-state index is -0.0516. The Bertz CT molecular complexity index is 614. The monoisotopic (exact) mass is 271 g/mol. The first-order valence-corrected chi connectivity index (χ1v) is 6.86. The van der Waals surface area contributed by atoms with Crippen LogP contribution in [0, 0.1) is 13.8 Å². The van der Waals surface area contributed by atoms with Crippen molar-refractivity contribution in [2.24, 2.45) is 0 Å². The number of aryl methyl sites for hydroxylation is 2. The van der Waals surface area contributed by atoms with Crippen LogP contribution in [-0.4, -0.2) is 15.7 Å². The van der Waals surface area contributed by atoms with E-state index in [9.17, 15) is 4.79 Å². The number of rotatable bonds is 4. The van der Waals surface area contributed by atoms with Gasteiger partial charge < -0.3 is 5.32 Å². The molecule has 2 rings (SSSR count). The van der Waals surface area contributed by atoms with Gasteiger partial charge in [0.2, 0.25) is 5.91 Å². The van der Waals surface area contributed by atoms with Gasteiger partial charge in [0, 0.05) is 11.9 Å². The van der Waals surface area contributed by atoms with Crippen molar-refractivity contribution in [2.75, 3.05) is 5.32 Å². The Morgan fingerprint density at radius 2 is 2.10 bits per heavy atom. The molecule has 0 aliphatic heterocycles. The molecule has 0 spiro atoms. The summed E-state index contributed by atoms with van der Waals surface area (Å²) in [6.07, 6.45) is 3.61. The van der Waals surface area contributed by atoms with Crippen molar-refractivity contribution in [1.82, 2.24) is 9.78 Å². The first kappa shape index (κ1) is 14.3. The molecule has 1 N–H and O–H groups in total. The third kappa shape index (κ3) is 3.26. The van der Waals surface area contributed by atoms with Gasteiger partial charge in [-0.3, -0.25) is 9.48 Å². The minimum Gasteiger partial charge on any atom is -0.324 e. The molecule has 1 aromatic heterocycles. The lowest BCUT2D eigenvalue weighted by molar-refractivity contribution is -0.116. The van der Waals surface area contributed by atoms with Crippen molar-refractivity contribution < 1.29 is 4.79 Å². The van der Waals surface area contributed by atoms with Crippen LogP contribution in [0.15, 0.2) is 30.6 Å². The molecule has 1 heterocycles. The molecule has 0 aliphatic carbocycles. The van der Waals surface area contributed by atoms with Gasteiger partial charge in [-0.25, -0.2) is 0 Å². The molecule has 0 saturated heterocycles. The average molecular weight is 271 g/mol. The maximum atomic E-state index is 12.1. The minimum absolute atomic E-state index is 0.0516. The fraction of sp³-hybridized carbons (Fsp3) is 0.375. The number of carbonyl (C=O) groups excluding carboxylic acids is 1. The highest BCUT2D eigenvalue weighted by molar-refractivity contribution is 5.92. The van der Waals surface area contributed by atoms with Crippen LogP contribution in [0.5, 0.6) is 0 Å². The fourth-order valence-electron chi connectivity index (χ4n) is 2.22. The summed E-state index contributed by atoms with van der Waals surface area (Å²) in [7, 11) is 0. The molecule has 1 aromatic carbocycles. The second-order valence-electron chi connectivity index (χ2n) is 5.46. The molecule has 0 radical (unpaired) electrons. The van der Waals surface area contributed by atoms with Crippen LogP contribution in [0.2, 0.25) is 0 Å². The van der Waals surface area contributed by atoms with Gasteiger partial charge in [0.1, 0.15) is 6.54 Å². The molecule has 106 valence electrons. The molecule has 0 bridgehead atoms. The molecule has 20 heavy (non-hydrogen) atoms. The van der Waals surface area contributed by atoms with E-state index in [1.165, 1.54) is 0 Å². The molecular formula is C16H21N3O. The summed E-state index contributed by atoms with van der Waals surface area (Å²) in [4.78, 5) is 12.1. The van der Waals surface area contributed by atoms with Crippen molar-refractivity contribution in [3.05, 3.63) is 47.3 Å². The summed E-state index contributed by atoms with van der Waals surface area (Å²) in [6, 6.07) is 6.10. The Morgan fingerprint density at radius 3 is 2.70 bits per heavy atom. The van der Waals surface area contributed by atoms with Gasteiger partial charge in [-0.15, -0.1) is 0 Å². The maximum absolute atomic E-state index is 12.1. The quantitative estimate of drug-likeness (QED) is 0.927. The highest BCUT2D eigenvalue weighted by Gasteiger charge is 2.12. The Labute approximate surface area is 119 Å². The Balaban J connectivity index is 2.15. The molecule has 4 nitrogen and oxygen atoms in total. The number of nitrogens with one attached hydrogen (secondary N) is 1. The lowest BCUT2D eigenvalue weighted by Crippen LogP contribution is -2.20. The summed E-state index contributed by atoms with van der Waals surface area (Å²) in [6.45, 7) is 8.46. The lowest BCUT2D eigenvalue weighted by Gasteiger charge is -2.16. The van der Waals surface area contributed by atoms with Gasteiger partial charge in [0.05, 0.1) is 6.20 Å². The first-order chi connectivity index (χ1) is 9.47. The summed E-state index contributed by atoms with van der Waals surface area (Å²) in [5.74, 6) is 0.321. The summed E-state index contributed by atoms with van der Waals surface area (Å²) in [5, 5.41) is 7.15. The van der Waals surface area contributed by atoms with E-state index in [1.54, 1.807) is 10.9 Å². The highest BCUT2D eigenvalue weighted by atomic mass is 16.2. The number of benzene rings is 1. The molecule has 0 saturated carbocycles. The fourth-order valence-corrected chi connectivity index (χ4v) is 2.22. The zero-order valence-electron chi connectivity index (χ0n) is 12.5. The number of aromatic nitrogens is 2. The predicted octanol–water partition coefficient (Wildman–Crippen LogP) is 3.26. The van der Waals surface area contributed by atoms with Gasteiger partial charge in [-0.1, -0.05) is 32.0 Å². The predicted molar refractivity (Wildman–Crippen MR) is 80.9 cm³/mol. The number of amides is 1. The molecule has 4 heteroatoms. The summed E-state index contributed by atoms with van der Waals surface area (Å²) in [5.41, 5.74) is 4.23. The lowest BCUT2D eigenvalue weighted by atomic mass is 9.98. The van der Waals surface area contributed by atoms with E-state index in [0.717, 1.165) is 22.4 Å². The second kappa shape index (κ2) is 5.90. The second-order valence-corrected chi connectivity index (χ2v) is 5.46. The molecule has 0 atom stereocenters. The Hall–Kier alpha value is -2.10. The number of hydrogen-bond acceptors (Lipinski definition) is 2. The number of para-hydroxylation sites is 1.